The van der Waals surface area contributed by atoms with Crippen LogP contribution in [-0.2, 0) is 25.6 Å². The normalized spacial score (nSPS) is 14.6. The predicted octanol–water partition coefficient (Wildman–Crippen LogP) is 2.77. The van der Waals surface area contributed by atoms with Gasteiger partial charge in [0.2, 0.25) is 17.6 Å². The predicted molar refractivity (Wildman–Crippen MR) is 157 cm³/mol. The molecule has 3 atom stereocenters. The van der Waals surface area contributed by atoms with Crippen molar-refractivity contribution in [2.75, 3.05) is 6.54 Å². The zero-order valence-corrected chi connectivity index (χ0v) is 24.0. The van der Waals surface area contributed by atoms with Crippen LogP contribution >= 0.6 is 0 Å². The van der Waals surface area contributed by atoms with Crippen molar-refractivity contribution in [1.82, 2.24) is 21.3 Å². The molecular weight excluding hydrogens is 539 g/mol. The van der Waals surface area contributed by atoms with Crippen LogP contribution in [0.25, 0.3) is 0 Å². The number of nitrogens with one attached hydrogen (secondary N) is 4. The lowest BCUT2D eigenvalue weighted by Crippen LogP contribution is -2.57. The first kappa shape index (κ1) is 31.9. The summed E-state index contributed by atoms with van der Waals surface area (Å²) >= 11 is 0. The molecule has 0 bridgehead atoms. The molecule has 2 aromatic rings. The molecule has 1 aliphatic rings. The number of amides is 4. The Bertz CT molecular complexity index is 1340. The SMILES string of the molecule is CC(NC(=O)C(Cc1ccc(F)cc1)NC(=O)c1ccccc1)C(=O)NC(C(=O)C(=O)NCC1=CC=CCC1)C(C)C. The molecule has 9 nitrogen and oxygen atoms in total. The van der Waals surface area contributed by atoms with Crippen LogP contribution in [0.3, 0.4) is 0 Å². The Kier molecular flexibility index (Phi) is 11.7. The molecule has 0 aromatic heterocycles. The summed E-state index contributed by atoms with van der Waals surface area (Å²) in [5.74, 6) is -4.24. The van der Waals surface area contributed by atoms with Gasteiger partial charge in [-0.05, 0) is 55.5 Å². The van der Waals surface area contributed by atoms with Crippen molar-refractivity contribution in [2.45, 2.75) is 58.2 Å². The fourth-order valence-electron chi connectivity index (χ4n) is 4.31. The van der Waals surface area contributed by atoms with E-state index in [1.54, 1.807) is 44.2 Å². The largest absolute Gasteiger partial charge is 0.346 e. The maximum atomic E-state index is 13.4. The lowest BCUT2D eigenvalue weighted by Gasteiger charge is -2.25. The molecule has 3 unspecified atom stereocenters. The maximum absolute atomic E-state index is 13.4. The van der Waals surface area contributed by atoms with Crippen molar-refractivity contribution in [3.63, 3.8) is 0 Å². The van der Waals surface area contributed by atoms with E-state index in [1.807, 2.05) is 18.2 Å². The van der Waals surface area contributed by atoms with E-state index >= 15 is 0 Å². The van der Waals surface area contributed by atoms with Crippen molar-refractivity contribution < 1.29 is 28.4 Å². The Hall–Kier alpha value is -4.60. The minimum atomic E-state index is -1.11. The van der Waals surface area contributed by atoms with Crippen molar-refractivity contribution in [3.05, 3.63) is 95.3 Å². The minimum absolute atomic E-state index is 0.0402. The monoisotopic (exact) mass is 576 g/mol. The van der Waals surface area contributed by atoms with Crippen molar-refractivity contribution in [1.29, 1.82) is 0 Å². The summed E-state index contributed by atoms with van der Waals surface area (Å²) in [4.78, 5) is 64.6. The van der Waals surface area contributed by atoms with Gasteiger partial charge in [0.05, 0.1) is 6.04 Å². The molecule has 4 N–H and O–H groups in total. The summed E-state index contributed by atoms with van der Waals surface area (Å²) in [6, 6.07) is 10.5. The lowest BCUT2D eigenvalue weighted by molar-refractivity contribution is -0.141. The highest BCUT2D eigenvalue weighted by molar-refractivity contribution is 6.38. The van der Waals surface area contributed by atoms with Gasteiger partial charge in [0.15, 0.2) is 0 Å². The number of hydrogen-bond acceptors (Lipinski definition) is 5. The molecule has 3 rings (SSSR count). The number of halogens is 1. The molecule has 1 aliphatic carbocycles. The number of rotatable bonds is 13. The first-order valence-corrected chi connectivity index (χ1v) is 13.9. The summed E-state index contributed by atoms with van der Waals surface area (Å²) in [6.45, 7) is 5.08. The Morgan fingerprint density at radius 1 is 0.857 bits per heavy atom. The van der Waals surface area contributed by atoms with Crippen LogP contribution in [0.2, 0.25) is 0 Å². The van der Waals surface area contributed by atoms with E-state index in [4.69, 9.17) is 0 Å². The van der Waals surface area contributed by atoms with Gasteiger partial charge in [-0.25, -0.2) is 4.39 Å². The lowest BCUT2D eigenvalue weighted by atomic mass is 9.98. The standard InChI is InChI=1S/C32H37FN4O5/c1-20(2)27(28(38)32(42)34-19-23-10-6-4-7-11-23)37-29(39)21(3)35-31(41)26(18-22-14-16-25(33)17-15-22)36-30(40)24-12-8-5-9-13-24/h4-6,8-10,12-17,20-21,26-27H,7,11,18-19H2,1-3H3,(H,34,42)(H,35,41)(H,36,40)(H,37,39). The molecule has 42 heavy (non-hydrogen) atoms. The Morgan fingerprint density at radius 3 is 2.17 bits per heavy atom. The molecule has 0 aliphatic heterocycles. The molecule has 0 radical (unpaired) electrons. The topological polar surface area (TPSA) is 133 Å². The number of allylic oxidation sites excluding steroid dienone is 3. The van der Waals surface area contributed by atoms with E-state index in [0.717, 1.165) is 18.4 Å². The Labute approximate surface area is 245 Å². The first-order valence-electron chi connectivity index (χ1n) is 13.9. The highest BCUT2D eigenvalue weighted by Crippen LogP contribution is 2.11. The van der Waals surface area contributed by atoms with Gasteiger partial charge in [0.25, 0.3) is 11.8 Å². The average molecular weight is 577 g/mol. The van der Waals surface area contributed by atoms with Gasteiger partial charge in [-0.3, -0.25) is 24.0 Å². The molecule has 0 saturated heterocycles. The summed E-state index contributed by atoms with van der Waals surface area (Å²) < 4.78 is 13.4. The molecule has 0 spiro atoms. The van der Waals surface area contributed by atoms with Gasteiger partial charge in [-0.1, -0.05) is 68.0 Å². The summed E-state index contributed by atoms with van der Waals surface area (Å²) in [5, 5.41) is 10.5. The fourth-order valence-corrected chi connectivity index (χ4v) is 4.31. The highest BCUT2D eigenvalue weighted by Gasteiger charge is 2.32. The molecular formula is C32H37FN4O5. The molecule has 4 amide bonds. The van der Waals surface area contributed by atoms with Gasteiger partial charge in [-0.15, -0.1) is 0 Å². The maximum Gasteiger partial charge on any atom is 0.289 e. The van der Waals surface area contributed by atoms with E-state index < -0.39 is 59.3 Å². The molecule has 2 aromatic carbocycles. The third-order valence-corrected chi connectivity index (χ3v) is 6.81. The van der Waals surface area contributed by atoms with Crippen LogP contribution in [-0.4, -0.2) is 54.1 Å². The number of Topliss-reactive ketones (excluding diaryl/α,β-unsaturated/α-hetero) is 1. The number of carbonyl (C=O) groups excluding carboxylic acids is 5. The smallest absolute Gasteiger partial charge is 0.289 e. The van der Waals surface area contributed by atoms with E-state index in [-0.39, 0.29) is 13.0 Å². The summed E-state index contributed by atoms with van der Waals surface area (Å²) in [6.07, 6.45) is 7.51. The number of ketones is 1. The van der Waals surface area contributed by atoms with Gasteiger partial charge >= 0.3 is 0 Å². The second-order valence-electron chi connectivity index (χ2n) is 10.5. The Balaban J connectivity index is 1.65. The van der Waals surface area contributed by atoms with Crippen molar-refractivity contribution in [3.8, 4) is 0 Å². The van der Waals surface area contributed by atoms with Crippen LogP contribution in [0.5, 0.6) is 0 Å². The zero-order chi connectivity index (χ0) is 30.6. The van der Waals surface area contributed by atoms with Crippen LogP contribution < -0.4 is 21.3 Å². The number of benzene rings is 2. The Morgan fingerprint density at radius 2 is 1.55 bits per heavy atom. The second-order valence-corrected chi connectivity index (χ2v) is 10.5. The van der Waals surface area contributed by atoms with Gasteiger partial charge in [0, 0.05) is 18.5 Å². The van der Waals surface area contributed by atoms with E-state index in [2.05, 4.69) is 21.3 Å². The van der Waals surface area contributed by atoms with Crippen LogP contribution in [0, 0.1) is 11.7 Å². The molecule has 0 saturated carbocycles. The van der Waals surface area contributed by atoms with Gasteiger partial charge in [-0.2, -0.15) is 0 Å². The molecule has 0 heterocycles. The summed E-state index contributed by atoms with van der Waals surface area (Å²) in [7, 11) is 0. The first-order chi connectivity index (χ1) is 20.0. The van der Waals surface area contributed by atoms with Crippen molar-refractivity contribution >= 4 is 29.4 Å². The van der Waals surface area contributed by atoms with Gasteiger partial charge in [0.1, 0.15) is 17.9 Å². The molecule has 222 valence electrons. The van der Waals surface area contributed by atoms with Crippen LogP contribution in [0.1, 0.15) is 49.5 Å². The second kappa shape index (κ2) is 15.4. The van der Waals surface area contributed by atoms with Crippen LogP contribution in [0.15, 0.2) is 78.4 Å². The quantitative estimate of drug-likeness (QED) is 0.272. The molecule has 0 fully saturated rings. The number of carbonyl (C=O) groups is 5. The molecule has 10 heteroatoms. The third-order valence-electron chi connectivity index (χ3n) is 6.81. The zero-order valence-electron chi connectivity index (χ0n) is 24.0. The highest BCUT2D eigenvalue weighted by atomic mass is 19.1. The fraction of sp³-hybridized carbons (Fsp3) is 0.344. The summed E-state index contributed by atoms with van der Waals surface area (Å²) in [5.41, 5.74) is 1.93. The minimum Gasteiger partial charge on any atom is -0.346 e. The number of hydrogen-bond donors (Lipinski definition) is 4. The average Bonchev–Trinajstić information content (AvgIpc) is 2.99. The van der Waals surface area contributed by atoms with E-state index in [1.165, 1.54) is 31.2 Å². The van der Waals surface area contributed by atoms with Gasteiger partial charge < -0.3 is 21.3 Å². The van der Waals surface area contributed by atoms with E-state index in [9.17, 15) is 28.4 Å². The van der Waals surface area contributed by atoms with Crippen LogP contribution in [0.4, 0.5) is 4.39 Å². The van der Waals surface area contributed by atoms with E-state index in [0.29, 0.717) is 11.1 Å². The third kappa shape index (κ3) is 9.50. The van der Waals surface area contributed by atoms with Crippen molar-refractivity contribution in [2.24, 2.45) is 5.92 Å².